The first kappa shape index (κ1) is 34.9. The lowest BCUT2D eigenvalue weighted by Crippen LogP contribution is -2.04. The molecule has 274 valence electrons. The topological polar surface area (TPSA) is 92.6 Å². The van der Waals surface area contributed by atoms with Crippen LogP contribution in [0.4, 0.5) is 23.2 Å². The molecule has 0 saturated carbocycles. The third-order valence-corrected chi connectivity index (χ3v) is 10.5. The smallest absolute Gasteiger partial charge is 0.176 e. The van der Waals surface area contributed by atoms with Crippen LogP contribution in [-0.2, 0) is 6.61 Å². The molecule has 6 nitrogen and oxygen atoms in total. The fourth-order valence-corrected chi connectivity index (χ4v) is 7.61. The summed E-state index contributed by atoms with van der Waals surface area (Å²) >= 11 is 0.511. The first-order chi connectivity index (χ1) is 27.3. The second kappa shape index (κ2) is 14.4. The zero-order valence-electron chi connectivity index (χ0n) is 29.3. The molecule has 0 saturated heterocycles. The molecule has 2 aliphatic rings. The Kier molecular flexibility index (Phi) is 8.99. The first-order valence-corrected chi connectivity index (χ1v) is 18.4. The highest BCUT2D eigenvalue weighted by Gasteiger charge is 2.30. The third kappa shape index (κ3) is 6.62. The van der Waals surface area contributed by atoms with Gasteiger partial charge in [-0.15, -0.1) is 0 Å². The van der Waals surface area contributed by atoms with Gasteiger partial charge in [0.1, 0.15) is 12.4 Å². The summed E-state index contributed by atoms with van der Waals surface area (Å²) in [6.45, 7) is 0.446. The Morgan fingerprint density at radius 1 is 0.571 bits per heavy atom. The van der Waals surface area contributed by atoms with E-state index in [1.54, 1.807) is 48.6 Å². The molecule has 9 rings (SSSR count). The number of ether oxygens (including phenoxy) is 1. The summed E-state index contributed by atoms with van der Waals surface area (Å²) in [4.78, 5) is 15.6. The molecule has 4 N–H and O–H groups in total. The van der Waals surface area contributed by atoms with Gasteiger partial charge in [-0.3, -0.25) is 0 Å². The van der Waals surface area contributed by atoms with Crippen LogP contribution in [0.1, 0.15) is 28.3 Å². The molecule has 7 aromatic rings. The monoisotopic (exact) mass is 763 g/mol. The van der Waals surface area contributed by atoms with Gasteiger partial charge in [0.25, 0.3) is 0 Å². The number of para-hydroxylation sites is 1. The standard InChI is InChI=1S/C45H29F4N5OS/c46-41-40(42(47)44(49)45(43(41)48)56-37-9-5-4-8-32(37)50)39-35-20-14-29(53-35)22-27-12-18-33(51-27)38(34-19-13-28(52-34)23-30-15-21-36(39)54-30)26-10-16-31(17-11-26)55-24-25-6-2-1-3-7-25/h1-23,51,54H,24,50H2. The second-order valence-corrected chi connectivity index (χ2v) is 14.2. The Labute approximate surface area is 322 Å². The summed E-state index contributed by atoms with van der Waals surface area (Å²) in [6.07, 6.45) is 6.99. The molecule has 0 aliphatic carbocycles. The van der Waals surface area contributed by atoms with Crippen molar-refractivity contribution < 1.29 is 22.3 Å². The zero-order valence-corrected chi connectivity index (χ0v) is 30.1. The van der Waals surface area contributed by atoms with Gasteiger partial charge in [-0.05, 0) is 96.1 Å². The normalized spacial score (nSPS) is 12.0. The second-order valence-electron chi connectivity index (χ2n) is 13.1. The molecule has 8 bridgehead atoms. The van der Waals surface area contributed by atoms with Crippen molar-refractivity contribution in [2.24, 2.45) is 0 Å². The Bertz CT molecular complexity index is 2870. The van der Waals surface area contributed by atoms with Gasteiger partial charge in [0.05, 0.1) is 33.2 Å². The lowest BCUT2D eigenvalue weighted by Gasteiger charge is -2.13. The number of nitrogens with zero attached hydrogens (tertiary/aromatic N) is 2. The van der Waals surface area contributed by atoms with Crippen molar-refractivity contribution in [2.75, 3.05) is 5.73 Å². The van der Waals surface area contributed by atoms with E-state index in [1.807, 2.05) is 78.9 Å². The van der Waals surface area contributed by atoms with Crippen LogP contribution >= 0.6 is 11.8 Å². The van der Waals surface area contributed by atoms with Crippen LogP contribution in [0.5, 0.6) is 5.75 Å². The van der Waals surface area contributed by atoms with E-state index in [1.165, 1.54) is 12.1 Å². The number of hydrogen-bond acceptors (Lipinski definition) is 5. The highest BCUT2D eigenvalue weighted by molar-refractivity contribution is 7.99. The summed E-state index contributed by atoms with van der Waals surface area (Å²) in [6, 6.07) is 34.7. The summed E-state index contributed by atoms with van der Waals surface area (Å²) < 4.78 is 70.0. The largest absolute Gasteiger partial charge is 0.489 e. The molecule has 0 unspecified atom stereocenters. The van der Waals surface area contributed by atoms with Crippen molar-refractivity contribution >= 4 is 63.8 Å². The zero-order chi connectivity index (χ0) is 38.3. The van der Waals surface area contributed by atoms with Crippen molar-refractivity contribution in [1.29, 1.82) is 0 Å². The molecular formula is C45H29F4N5OS. The molecule has 0 radical (unpaired) electrons. The average molecular weight is 764 g/mol. The molecule has 11 heteroatoms. The molecular weight excluding hydrogens is 735 g/mol. The average Bonchev–Trinajstić information content (AvgIpc) is 4.05. The van der Waals surface area contributed by atoms with E-state index in [2.05, 4.69) is 15.0 Å². The minimum Gasteiger partial charge on any atom is -0.489 e. The maximum Gasteiger partial charge on any atom is 0.176 e. The number of nitrogens with two attached hydrogens (primary N) is 1. The molecule has 3 aromatic heterocycles. The van der Waals surface area contributed by atoms with Crippen molar-refractivity contribution in [3.05, 3.63) is 167 Å². The van der Waals surface area contributed by atoms with Gasteiger partial charge in [0, 0.05) is 43.8 Å². The number of aromatic amines is 2. The predicted molar refractivity (Wildman–Crippen MR) is 215 cm³/mol. The summed E-state index contributed by atoms with van der Waals surface area (Å²) in [5.41, 5.74) is 12.0. The van der Waals surface area contributed by atoms with Crippen molar-refractivity contribution in [3.8, 4) is 28.0 Å². The summed E-state index contributed by atoms with van der Waals surface area (Å²) in [5, 5.41) is 0. The van der Waals surface area contributed by atoms with E-state index in [9.17, 15) is 0 Å². The third-order valence-electron chi connectivity index (χ3n) is 9.39. The highest BCUT2D eigenvalue weighted by atomic mass is 32.2. The van der Waals surface area contributed by atoms with E-state index in [-0.39, 0.29) is 27.4 Å². The van der Waals surface area contributed by atoms with Gasteiger partial charge in [-0.25, -0.2) is 27.5 Å². The van der Waals surface area contributed by atoms with Crippen LogP contribution in [0, 0.1) is 23.3 Å². The fraction of sp³-hybridized carbons (Fsp3) is 0.0222. The Morgan fingerprint density at radius 3 is 1.77 bits per heavy atom. The number of aromatic nitrogens is 4. The minimum absolute atomic E-state index is 0.100. The van der Waals surface area contributed by atoms with E-state index in [0.717, 1.165) is 28.0 Å². The van der Waals surface area contributed by atoms with Crippen LogP contribution in [0.15, 0.2) is 125 Å². The van der Waals surface area contributed by atoms with E-state index >= 15 is 17.6 Å². The molecule has 4 aromatic carbocycles. The molecule has 0 fully saturated rings. The molecule has 2 aliphatic heterocycles. The minimum atomic E-state index is -1.56. The van der Waals surface area contributed by atoms with Crippen molar-refractivity contribution in [3.63, 3.8) is 0 Å². The Balaban J connectivity index is 1.19. The van der Waals surface area contributed by atoms with Crippen LogP contribution in [0.3, 0.4) is 0 Å². The van der Waals surface area contributed by atoms with Gasteiger partial charge in [0.2, 0.25) is 0 Å². The predicted octanol–water partition coefficient (Wildman–Crippen LogP) is 11.9. The van der Waals surface area contributed by atoms with Gasteiger partial charge in [-0.2, -0.15) is 0 Å². The number of nitrogens with one attached hydrogen (secondary N) is 2. The van der Waals surface area contributed by atoms with Crippen LogP contribution < -0.4 is 10.5 Å². The molecule has 56 heavy (non-hydrogen) atoms. The van der Waals surface area contributed by atoms with Crippen molar-refractivity contribution in [2.45, 2.75) is 16.4 Å². The number of fused-ring (bicyclic) bond motifs is 8. The highest BCUT2D eigenvalue weighted by Crippen LogP contribution is 2.43. The maximum absolute atomic E-state index is 16.2. The van der Waals surface area contributed by atoms with Crippen LogP contribution in [0.2, 0.25) is 0 Å². The number of anilines is 1. The van der Waals surface area contributed by atoms with Crippen LogP contribution in [-0.4, -0.2) is 19.9 Å². The number of hydrogen-bond donors (Lipinski definition) is 3. The van der Waals surface area contributed by atoms with Gasteiger partial charge < -0.3 is 20.4 Å². The van der Waals surface area contributed by atoms with Crippen LogP contribution in [0.25, 0.3) is 68.6 Å². The summed E-state index contributed by atoms with van der Waals surface area (Å²) in [7, 11) is 0. The number of benzene rings is 4. The SMILES string of the molecule is Nc1ccccc1Sc1c(F)c(F)c(-c2c3nc(cc4ccc([nH]4)c(-c4ccc(OCc5ccccc5)cc4)c4nc(cc5ccc2[nH]5)C=C4)C=C3)c(F)c1F. The molecule has 0 spiro atoms. The first-order valence-electron chi connectivity index (χ1n) is 17.6. The van der Waals surface area contributed by atoms with E-state index in [4.69, 9.17) is 15.5 Å². The number of halogens is 4. The molecule has 5 heterocycles. The Hall–Kier alpha value is -6.85. The lowest BCUT2D eigenvalue weighted by molar-refractivity contribution is 0.306. The van der Waals surface area contributed by atoms with Gasteiger partial charge in [0.15, 0.2) is 23.3 Å². The van der Waals surface area contributed by atoms with Crippen molar-refractivity contribution in [1.82, 2.24) is 19.9 Å². The number of H-pyrrole nitrogens is 2. The summed E-state index contributed by atoms with van der Waals surface area (Å²) in [5.74, 6) is -5.48. The number of nitrogen functional groups attached to an aromatic ring is 1. The van der Waals surface area contributed by atoms with Gasteiger partial charge >= 0.3 is 0 Å². The maximum atomic E-state index is 16.2. The quantitative estimate of drug-likeness (QED) is 0.0854. The van der Waals surface area contributed by atoms with E-state index in [0.29, 0.717) is 46.5 Å². The Morgan fingerprint density at radius 2 is 1.14 bits per heavy atom. The van der Waals surface area contributed by atoms with Gasteiger partial charge in [-0.1, -0.05) is 66.4 Å². The lowest BCUT2D eigenvalue weighted by atomic mass is 10.0. The fourth-order valence-electron chi connectivity index (χ4n) is 6.70. The number of rotatable bonds is 7. The van der Waals surface area contributed by atoms with E-state index < -0.39 is 33.7 Å². The molecule has 0 atom stereocenters. The molecule has 0 amide bonds.